The zero-order chi connectivity index (χ0) is 13.1. The van der Waals surface area contributed by atoms with Gasteiger partial charge in [-0.2, -0.15) is 0 Å². The second-order valence-corrected chi connectivity index (χ2v) is 4.78. The van der Waals surface area contributed by atoms with Gasteiger partial charge in [-0.25, -0.2) is 0 Å². The first-order valence-corrected chi connectivity index (χ1v) is 6.44. The van der Waals surface area contributed by atoms with Gasteiger partial charge in [0, 0.05) is 35.8 Å². The number of aryl methyl sites for hydroxylation is 1. The Labute approximate surface area is 108 Å². The lowest BCUT2D eigenvalue weighted by molar-refractivity contribution is 0.0989. The van der Waals surface area contributed by atoms with Crippen molar-refractivity contribution >= 4 is 16.7 Å². The second-order valence-electron chi connectivity index (χ2n) is 4.78. The normalized spacial score (nSPS) is 12.8. The highest BCUT2D eigenvalue weighted by atomic mass is 16.1. The lowest BCUT2D eigenvalue weighted by atomic mass is 10.1. The Morgan fingerprint density at radius 1 is 1.39 bits per heavy atom. The number of nitrogens with zero attached hydrogens (tertiary/aromatic N) is 1. The van der Waals surface area contributed by atoms with Crippen molar-refractivity contribution in [3.63, 3.8) is 0 Å². The van der Waals surface area contributed by atoms with Gasteiger partial charge < -0.3 is 9.88 Å². The highest BCUT2D eigenvalue weighted by molar-refractivity contribution is 6.09. The number of rotatable bonds is 5. The molecule has 0 bridgehead atoms. The van der Waals surface area contributed by atoms with E-state index < -0.39 is 0 Å². The third-order valence-electron chi connectivity index (χ3n) is 3.42. The standard InChI is InChI=1S/C15H20N2O/c1-4-11(2)16-9-15(18)13-10-17(3)14-8-6-5-7-12(13)14/h5-8,10-11,16H,4,9H2,1-3H3. The van der Waals surface area contributed by atoms with Gasteiger partial charge in [0.2, 0.25) is 0 Å². The fraction of sp³-hybridized carbons (Fsp3) is 0.400. The summed E-state index contributed by atoms with van der Waals surface area (Å²) in [5.41, 5.74) is 1.91. The van der Waals surface area contributed by atoms with Crippen LogP contribution in [0.5, 0.6) is 0 Å². The Kier molecular flexibility index (Phi) is 3.82. The molecule has 3 heteroatoms. The minimum Gasteiger partial charge on any atom is -0.350 e. The fourth-order valence-electron chi connectivity index (χ4n) is 2.07. The molecule has 1 unspecified atom stereocenters. The summed E-state index contributed by atoms with van der Waals surface area (Å²) in [6.07, 6.45) is 2.95. The molecule has 2 aromatic rings. The molecule has 0 aliphatic rings. The molecule has 0 spiro atoms. The van der Waals surface area contributed by atoms with Gasteiger partial charge in [-0.15, -0.1) is 0 Å². The highest BCUT2D eigenvalue weighted by Crippen LogP contribution is 2.20. The summed E-state index contributed by atoms with van der Waals surface area (Å²) in [6.45, 7) is 4.61. The van der Waals surface area contributed by atoms with E-state index in [1.807, 2.05) is 42.1 Å². The first-order chi connectivity index (χ1) is 8.63. The van der Waals surface area contributed by atoms with E-state index in [-0.39, 0.29) is 5.78 Å². The molecule has 0 fully saturated rings. The smallest absolute Gasteiger partial charge is 0.178 e. The monoisotopic (exact) mass is 244 g/mol. The molecule has 96 valence electrons. The summed E-state index contributed by atoms with van der Waals surface area (Å²) in [4.78, 5) is 12.2. The van der Waals surface area contributed by atoms with E-state index in [9.17, 15) is 4.79 Å². The zero-order valence-corrected chi connectivity index (χ0v) is 11.2. The van der Waals surface area contributed by atoms with Crippen LogP contribution in [-0.4, -0.2) is 22.9 Å². The number of ketones is 1. The molecule has 1 atom stereocenters. The minimum absolute atomic E-state index is 0.159. The summed E-state index contributed by atoms with van der Waals surface area (Å²) in [6, 6.07) is 8.39. The molecule has 0 saturated carbocycles. The van der Waals surface area contributed by atoms with Crippen molar-refractivity contribution in [2.24, 2.45) is 7.05 Å². The Hall–Kier alpha value is -1.61. The van der Waals surface area contributed by atoms with Crippen LogP contribution in [0.2, 0.25) is 0 Å². The summed E-state index contributed by atoms with van der Waals surface area (Å²) < 4.78 is 2.01. The lowest BCUT2D eigenvalue weighted by Gasteiger charge is -2.09. The largest absolute Gasteiger partial charge is 0.350 e. The van der Waals surface area contributed by atoms with Crippen LogP contribution in [0.25, 0.3) is 10.9 Å². The van der Waals surface area contributed by atoms with Crippen LogP contribution in [0.4, 0.5) is 0 Å². The number of nitrogens with one attached hydrogen (secondary N) is 1. The maximum Gasteiger partial charge on any atom is 0.178 e. The maximum absolute atomic E-state index is 12.2. The van der Waals surface area contributed by atoms with Gasteiger partial charge in [0.1, 0.15) is 0 Å². The number of hydrogen-bond donors (Lipinski definition) is 1. The van der Waals surface area contributed by atoms with Crippen LogP contribution in [0.1, 0.15) is 30.6 Å². The van der Waals surface area contributed by atoms with E-state index in [1.165, 1.54) is 0 Å². The Bertz CT molecular complexity index is 557. The molecule has 0 saturated heterocycles. The number of aromatic nitrogens is 1. The van der Waals surface area contributed by atoms with Crippen molar-refractivity contribution in [3.05, 3.63) is 36.0 Å². The lowest BCUT2D eigenvalue weighted by Crippen LogP contribution is -2.30. The quantitative estimate of drug-likeness (QED) is 0.821. The van der Waals surface area contributed by atoms with Crippen LogP contribution in [0.3, 0.4) is 0 Å². The van der Waals surface area contributed by atoms with Gasteiger partial charge >= 0.3 is 0 Å². The molecule has 1 heterocycles. The Morgan fingerprint density at radius 3 is 2.83 bits per heavy atom. The summed E-state index contributed by atoms with van der Waals surface area (Å²) in [5, 5.41) is 4.28. The first kappa shape index (κ1) is 12.8. The number of fused-ring (bicyclic) bond motifs is 1. The number of Topliss-reactive ketones (excluding diaryl/α,β-unsaturated/α-hetero) is 1. The van der Waals surface area contributed by atoms with Crippen molar-refractivity contribution in [1.29, 1.82) is 0 Å². The van der Waals surface area contributed by atoms with Crippen LogP contribution in [-0.2, 0) is 7.05 Å². The van der Waals surface area contributed by atoms with Crippen molar-refractivity contribution in [2.45, 2.75) is 26.3 Å². The van der Waals surface area contributed by atoms with Gasteiger partial charge in [-0.3, -0.25) is 4.79 Å². The molecule has 1 N–H and O–H groups in total. The SMILES string of the molecule is CCC(C)NCC(=O)c1cn(C)c2ccccc12. The van der Waals surface area contributed by atoms with E-state index in [4.69, 9.17) is 0 Å². The number of para-hydroxylation sites is 1. The van der Waals surface area contributed by atoms with Crippen LogP contribution >= 0.6 is 0 Å². The van der Waals surface area contributed by atoms with E-state index in [0.29, 0.717) is 12.6 Å². The summed E-state index contributed by atoms with van der Waals surface area (Å²) in [5.74, 6) is 0.159. The molecule has 2 rings (SSSR count). The molecule has 1 aromatic heterocycles. The maximum atomic E-state index is 12.2. The molecular formula is C15H20N2O. The molecular weight excluding hydrogens is 224 g/mol. The molecule has 1 aromatic carbocycles. The number of hydrogen-bond acceptors (Lipinski definition) is 2. The van der Waals surface area contributed by atoms with Crippen molar-refractivity contribution in [1.82, 2.24) is 9.88 Å². The van der Waals surface area contributed by atoms with Crippen LogP contribution < -0.4 is 5.32 Å². The number of carbonyl (C=O) groups excluding carboxylic acids is 1. The zero-order valence-electron chi connectivity index (χ0n) is 11.2. The molecule has 0 radical (unpaired) electrons. The number of benzene rings is 1. The molecule has 3 nitrogen and oxygen atoms in total. The highest BCUT2D eigenvalue weighted by Gasteiger charge is 2.13. The van der Waals surface area contributed by atoms with Gasteiger partial charge in [0.15, 0.2) is 5.78 Å². The van der Waals surface area contributed by atoms with E-state index in [1.54, 1.807) is 0 Å². The van der Waals surface area contributed by atoms with E-state index >= 15 is 0 Å². The number of carbonyl (C=O) groups is 1. The topological polar surface area (TPSA) is 34.0 Å². The fourth-order valence-corrected chi connectivity index (χ4v) is 2.07. The van der Waals surface area contributed by atoms with E-state index in [2.05, 4.69) is 19.2 Å². The van der Waals surface area contributed by atoms with Crippen molar-refractivity contribution < 1.29 is 4.79 Å². The van der Waals surface area contributed by atoms with Gasteiger partial charge in [0.25, 0.3) is 0 Å². The summed E-state index contributed by atoms with van der Waals surface area (Å²) in [7, 11) is 1.97. The average molecular weight is 244 g/mol. The molecule has 0 amide bonds. The molecule has 0 aliphatic carbocycles. The first-order valence-electron chi connectivity index (χ1n) is 6.44. The van der Waals surface area contributed by atoms with Gasteiger partial charge in [-0.1, -0.05) is 25.1 Å². The summed E-state index contributed by atoms with van der Waals surface area (Å²) >= 11 is 0. The van der Waals surface area contributed by atoms with Gasteiger partial charge in [0.05, 0.1) is 6.54 Å². The van der Waals surface area contributed by atoms with Crippen molar-refractivity contribution in [3.8, 4) is 0 Å². The second kappa shape index (κ2) is 5.36. The van der Waals surface area contributed by atoms with Crippen molar-refractivity contribution in [2.75, 3.05) is 6.54 Å². The third-order valence-corrected chi connectivity index (χ3v) is 3.42. The molecule has 0 aliphatic heterocycles. The predicted octanol–water partition coefficient (Wildman–Crippen LogP) is 2.75. The predicted molar refractivity (Wildman–Crippen MR) is 75.0 cm³/mol. The van der Waals surface area contributed by atoms with Crippen LogP contribution in [0, 0.1) is 0 Å². The third kappa shape index (κ3) is 2.46. The Morgan fingerprint density at radius 2 is 2.11 bits per heavy atom. The Balaban J connectivity index is 2.23. The van der Waals surface area contributed by atoms with E-state index in [0.717, 1.165) is 22.9 Å². The van der Waals surface area contributed by atoms with Crippen LogP contribution in [0.15, 0.2) is 30.5 Å². The minimum atomic E-state index is 0.159. The molecule has 18 heavy (non-hydrogen) atoms. The van der Waals surface area contributed by atoms with Gasteiger partial charge in [-0.05, 0) is 19.4 Å². The average Bonchev–Trinajstić information content (AvgIpc) is 2.74.